The second-order valence-corrected chi connectivity index (χ2v) is 8.37. The SMILES string of the molecule is CNC(=O)[C@@H]1[C@@H](O)[C@@H](O)[C@H](n2cnc3c(NC)nc(C#Cc4ccc(Cl)o4)nc32)C2C[C@H]21. The van der Waals surface area contributed by atoms with Crippen LogP contribution in [0.25, 0.3) is 11.2 Å². The summed E-state index contributed by atoms with van der Waals surface area (Å²) in [7, 11) is 3.25. The highest BCUT2D eigenvalue weighted by molar-refractivity contribution is 6.28. The largest absolute Gasteiger partial charge is 0.436 e. The van der Waals surface area contributed by atoms with Crippen LogP contribution in [-0.2, 0) is 4.79 Å². The van der Waals surface area contributed by atoms with E-state index in [-0.39, 0.29) is 28.8 Å². The predicted molar refractivity (Wildman–Crippen MR) is 115 cm³/mol. The molecule has 0 aliphatic heterocycles. The van der Waals surface area contributed by atoms with E-state index in [4.69, 9.17) is 16.0 Å². The van der Waals surface area contributed by atoms with Gasteiger partial charge in [-0.3, -0.25) is 4.79 Å². The molecule has 6 atom stereocenters. The third-order valence-corrected chi connectivity index (χ3v) is 6.46. The van der Waals surface area contributed by atoms with Crippen LogP contribution in [0.1, 0.15) is 24.0 Å². The van der Waals surface area contributed by atoms with E-state index in [1.54, 1.807) is 30.1 Å². The molecule has 10 nitrogen and oxygen atoms in total. The normalized spacial score (nSPS) is 28.5. The van der Waals surface area contributed by atoms with Gasteiger partial charge >= 0.3 is 0 Å². The molecule has 11 heteroatoms. The standard InChI is InChI=1S/C21H21ClN6O4/c1-23-19-15-20(27-13(26-19)6-4-9-3-5-12(22)32-9)28(8-25-15)16-11-7-10(11)14(21(31)24-2)17(29)18(16)30/h3,5,8,10-11,14,16-18,29-30H,7H2,1-2H3,(H,24,31)(H,23,26,27)/t10-,11?,14+,16-,17-,18+/m1/s1. The minimum absolute atomic E-state index is 0.00984. The molecule has 1 unspecified atom stereocenters. The summed E-state index contributed by atoms with van der Waals surface area (Å²) in [4.78, 5) is 25.6. The van der Waals surface area contributed by atoms with Crippen LogP contribution in [0.5, 0.6) is 0 Å². The molecule has 166 valence electrons. The molecule has 5 rings (SSSR count). The Bertz CT molecular complexity index is 1260. The molecular weight excluding hydrogens is 436 g/mol. The number of fused-ring (bicyclic) bond motifs is 2. The topological polar surface area (TPSA) is 138 Å². The monoisotopic (exact) mass is 456 g/mol. The Kier molecular flexibility index (Phi) is 5.04. The number of aromatic nitrogens is 4. The number of carbonyl (C=O) groups excluding carboxylic acids is 1. The number of nitrogens with zero attached hydrogens (tertiary/aromatic N) is 4. The third kappa shape index (κ3) is 3.30. The molecule has 0 radical (unpaired) electrons. The van der Waals surface area contributed by atoms with E-state index in [1.807, 2.05) is 0 Å². The minimum Gasteiger partial charge on any atom is -0.436 e. The number of amides is 1. The predicted octanol–water partition coefficient (Wildman–Crippen LogP) is 0.789. The summed E-state index contributed by atoms with van der Waals surface area (Å²) < 4.78 is 7.00. The van der Waals surface area contributed by atoms with Crippen molar-refractivity contribution in [3.05, 3.63) is 35.3 Å². The maximum Gasteiger partial charge on any atom is 0.225 e. The Balaban J connectivity index is 1.54. The van der Waals surface area contributed by atoms with Crippen LogP contribution in [0.4, 0.5) is 5.82 Å². The Hall–Kier alpha value is -3.13. The zero-order valence-electron chi connectivity index (χ0n) is 17.3. The van der Waals surface area contributed by atoms with Crippen LogP contribution >= 0.6 is 11.6 Å². The van der Waals surface area contributed by atoms with Gasteiger partial charge in [0.05, 0.1) is 24.4 Å². The first kappa shape index (κ1) is 20.8. The van der Waals surface area contributed by atoms with E-state index < -0.39 is 24.2 Å². The van der Waals surface area contributed by atoms with Gasteiger partial charge in [-0.25, -0.2) is 15.0 Å². The smallest absolute Gasteiger partial charge is 0.225 e. The van der Waals surface area contributed by atoms with Crippen LogP contribution < -0.4 is 10.6 Å². The fraction of sp³-hybridized carbons (Fsp3) is 0.429. The molecule has 3 heterocycles. The molecule has 4 N–H and O–H groups in total. The van der Waals surface area contributed by atoms with E-state index in [0.717, 1.165) is 6.42 Å². The van der Waals surface area contributed by atoms with Crippen molar-refractivity contribution in [3.63, 3.8) is 0 Å². The van der Waals surface area contributed by atoms with Gasteiger partial charge in [-0.15, -0.1) is 0 Å². The number of carbonyl (C=O) groups is 1. The van der Waals surface area contributed by atoms with Crippen LogP contribution in [0.3, 0.4) is 0 Å². The number of halogens is 1. The van der Waals surface area contributed by atoms with Crippen molar-refractivity contribution in [3.8, 4) is 11.8 Å². The molecule has 0 bridgehead atoms. The zero-order chi connectivity index (χ0) is 22.6. The fourth-order valence-electron chi connectivity index (χ4n) is 4.71. The number of nitrogens with one attached hydrogen (secondary N) is 2. The van der Waals surface area contributed by atoms with E-state index in [0.29, 0.717) is 22.7 Å². The van der Waals surface area contributed by atoms with Gasteiger partial charge in [0.15, 0.2) is 28.0 Å². The maximum atomic E-state index is 12.2. The summed E-state index contributed by atoms with van der Waals surface area (Å²) >= 11 is 5.79. The van der Waals surface area contributed by atoms with E-state index in [9.17, 15) is 15.0 Å². The Labute approximate surface area is 188 Å². The van der Waals surface area contributed by atoms with Gasteiger partial charge < -0.3 is 29.8 Å². The molecule has 2 aliphatic carbocycles. The lowest BCUT2D eigenvalue weighted by Crippen LogP contribution is -2.50. The maximum absolute atomic E-state index is 12.2. The lowest BCUT2D eigenvalue weighted by Gasteiger charge is -2.36. The van der Waals surface area contributed by atoms with Crippen molar-refractivity contribution in [2.45, 2.75) is 24.7 Å². The second-order valence-electron chi connectivity index (χ2n) is 8.00. The molecular formula is C21H21ClN6O4. The lowest BCUT2D eigenvalue weighted by molar-refractivity contribution is -0.139. The van der Waals surface area contributed by atoms with Crippen LogP contribution in [-0.4, -0.2) is 61.9 Å². The summed E-state index contributed by atoms with van der Waals surface area (Å²) in [5.41, 5.74) is 0.998. The Morgan fingerprint density at radius 3 is 2.72 bits per heavy atom. The van der Waals surface area contributed by atoms with Gasteiger partial charge in [0.25, 0.3) is 0 Å². The van der Waals surface area contributed by atoms with E-state index in [1.165, 1.54) is 7.05 Å². The number of hydrogen-bond donors (Lipinski definition) is 4. The van der Waals surface area contributed by atoms with Crippen molar-refractivity contribution in [1.82, 2.24) is 24.8 Å². The van der Waals surface area contributed by atoms with Gasteiger partial charge in [0, 0.05) is 14.1 Å². The minimum atomic E-state index is -1.19. The van der Waals surface area contributed by atoms with Gasteiger partial charge in [-0.1, -0.05) is 0 Å². The van der Waals surface area contributed by atoms with E-state index in [2.05, 4.69) is 37.4 Å². The number of furan rings is 1. The molecule has 2 aliphatic rings. The number of hydrogen-bond acceptors (Lipinski definition) is 8. The highest BCUT2D eigenvalue weighted by atomic mass is 35.5. The summed E-state index contributed by atoms with van der Waals surface area (Å²) in [5.74, 6) is 5.92. The summed E-state index contributed by atoms with van der Waals surface area (Å²) in [6.07, 6.45) is -0.0206. The second kappa shape index (κ2) is 7.78. The average Bonchev–Trinajstić information content (AvgIpc) is 3.25. The molecule has 32 heavy (non-hydrogen) atoms. The van der Waals surface area contributed by atoms with Crippen molar-refractivity contribution in [1.29, 1.82) is 0 Å². The fourth-order valence-corrected chi connectivity index (χ4v) is 4.86. The van der Waals surface area contributed by atoms with Crippen molar-refractivity contribution < 1.29 is 19.4 Å². The molecule has 1 amide bonds. The first-order valence-corrected chi connectivity index (χ1v) is 10.6. The number of aliphatic hydroxyl groups excluding tert-OH is 2. The highest BCUT2D eigenvalue weighted by Crippen LogP contribution is 2.58. The van der Waals surface area contributed by atoms with Crippen LogP contribution in [0.2, 0.25) is 5.22 Å². The van der Waals surface area contributed by atoms with Crippen molar-refractivity contribution in [2.75, 3.05) is 19.4 Å². The molecule has 0 saturated heterocycles. The summed E-state index contributed by atoms with van der Waals surface area (Å²) in [5, 5.41) is 27.5. The van der Waals surface area contributed by atoms with Crippen molar-refractivity contribution in [2.24, 2.45) is 17.8 Å². The van der Waals surface area contributed by atoms with Crippen LogP contribution in [0, 0.1) is 29.6 Å². The highest BCUT2D eigenvalue weighted by Gasteiger charge is 2.61. The third-order valence-electron chi connectivity index (χ3n) is 6.26. The molecule has 2 fully saturated rings. The van der Waals surface area contributed by atoms with Gasteiger partial charge in [-0.05, 0) is 53.8 Å². The molecule has 3 aromatic heterocycles. The first-order valence-electron chi connectivity index (χ1n) is 10.2. The van der Waals surface area contributed by atoms with Gasteiger partial charge in [0.2, 0.25) is 11.7 Å². The average molecular weight is 457 g/mol. The molecule has 3 aromatic rings. The van der Waals surface area contributed by atoms with Crippen molar-refractivity contribution >= 4 is 34.5 Å². The lowest BCUT2D eigenvalue weighted by atomic mass is 9.80. The zero-order valence-corrected chi connectivity index (χ0v) is 18.0. The molecule has 2 saturated carbocycles. The number of aliphatic hydroxyl groups is 2. The summed E-state index contributed by atoms with van der Waals surface area (Å²) in [6.45, 7) is 0. The van der Waals surface area contributed by atoms with E-state index >= 15 is 0 Å². The number of anilines is 1. The van der Waals surface area contributed by atoms with Gasteiger partial charge in [-0.2, -0.15) is 0 Å². The summed E-state index contributed by atoms with van der Waals surface area (Å²) in [6, 6.07) is 2.77. The molecule has 0 spiro atoms. The molecule has 0 aromatic carbocycles. The number of rotatable bonds is 3. The van der Waals surface area contributed by atoms with Crippen LogP contribution in [0.15, 0.2) is 22.9 Å². The Morgan fingerprint density at radius 2 is 2.03 bits per heavy atom. The quantitative estimate of drug-likeness (QED) is 0.424. The number of imidazole rings is 1. The van der Waals surface area contributed by atoms with Gasteiger partial charge in [0.1, 0.15) is 6.10 Å². The first-order chi connectivity index (χ1) is 15.4. The Morgan fingerprint density at radius 1 is 1.22 bits per heavy atom.